The number of nitrogens with one attached hydrogen (secondary N) is 1. The van der Waals surface area contributed by atoms with Gasteiger partial charge in [-0.25, -0.2) is 0 Å². The molecule has 0 spiro atoms. The molecule has 0 aromatic heterocycles. The lowest BCUT2D eigenvalue weighted by atomic mass is 10.2. The first-order valence-corrected chi connectivity index (χ1v) is 8.01. The van der Waals surface area contributed by atoms with Crippen molar-refractivity contribution in [2.45, 2.75) is 0 Å². The minimum absolute atomic E-state index is 0.246. The van der Waals surface area contributed by atoms with Crippen LogP contribution in [0.2, 0.25) is 0 Å². The van der Waals surface area contributed by atoms with Crippen LogP contribution in [0.1, 0.15) is 5.56 Å². The molecule has 7 heteroatoms. The number of benzene rings is 1. The third kappa shape index (κ3) is 4.94. The summed E-state index contributed by atoms with van der Waals surface area (Å²) in [6.45, 7) is 0.924. The number of likely N-dealkylation sites (N-methyl/N-ethyl adjacent to an activating group) is 1. The molecule has 1 aromatic rings. The van der Waals surface area contributed by atoms with E-state index in [1.165, 1.54) is 0 Å². The Morgan fingerprint density at radius 2 is 1.96 bits per heavy atom. The van der Waals surface area contributed by atoms with E-state index in [-0.39, 0.29) is 12.5 Å². The van der Waals surface area contributed by atoms with Crippen molar-refractivity contribution in [3.8, 4) is 0 Å². The highest BCUT2D eigenvalue weighted by atomic mass is 32.2. The lowest BCUT2D eigenvalue weighted by Crippen LogP contribution is -2.41. The van der Waals surface area contributed by atoms with Gasteiger partial charge in [0, 0.05) is 13.1 Å². The maximum atomic E-state index is 12.3. The van der Waals surface area contributed by atoms with Crippen LogP contribution in [0.4, 0.5) is 4.79 Å². The fourth-order valence-electron chi connectivity index (χ4n) is 1.96. The summed E-state index contributed by atoms with van der Waals surface area (Å²) in [7, 11) is 3.80. The fourth-order valence-corrected chi connectivity index (χ4v) is 2.79. The molecule has 0 atom stereocenters. The molecule has 2 rings (SSSR count). The molecule has 23 heavy (non-hydrogen) atoms. The van der Waals surface area contributed by atoms with E-state index in [1.807, 2.05) is 49.3 Å². The predicted molar refractivity (Wildman–Crippen MR) is 90.7 cm³/mol. The highest BCUT2D eigenvalue weighted by molar-refractivity contribution is 8.18. The van der Waals surface area contributed by atoms with E-state index in [9.17, 15) is 14.4 Å². The molecule has 1 fully saturated rings. The van der Waals surface area contributed by atoms with E-state index in [0.29, 0.717) is 18.0 Å². The predicted octanol–water partition coefficient (Wildman–Crippen LogP) is 1.40. The number of hydrogen-bond acceptors (Lipinski definition) is 5. The smallest absolute Gasteiger partial charge is 0.294 e. The van der Waals surface area contributed by atoms with Crippen LogP contribution in [0, 0.1) is 0 Å². The third-order valence-corrected chi connectivity index (χ3v) is 4.06. The van der Waals surface area contributed by atoms with E-state index < -0.39 is 11.1 Å². The zero-order chi connectivity index (χ0) is 16.8. The van der Waals surface area contributed by atoms with Gasteiger partial charge in [0.05, 0.1) is 4.91 Å². The largest absolute Gasteiger partial charge is 0.353 e. The van der Waals surface area contributed by atoms with Crippen LogP contribution < -0.4 is 5.32 Å². The van der Waals surface area contributed by atoms with Crippen molar-refractivity contribution >= 4 is 34.9 Å². The molecule has 1 aromatic carbocycles. The quantitative estimate of drug-likeness (QED) is 0.797. The van der Waals surface area contributed by atoms with Crippen LogP contribution in [0.15, 0.2) is 35.2 Å². The van der Waals surface area contributed by atoms with Gasteiger partial charge in [-0.1, -0.05) is 30.3 Å². The van der Waals surface area contributed by atoms with Crippen LogP contribution in [-0.4, -0.2) is 60.6 Å². The summed E-state index contributed by atoms with van der Waals surface area (Å²) in [6, 6.07) is 9.29. The molecule has 3 amide bonds. The van der Waals surface area contributed by atoms with Crippen molar-refractivity contribution in [3.63, 3.8) is 0 Å². The van der Waals surface area contributed by atoms with Crippen LogP contribution >= 0.6 is 11.8 Å². The monoisotopic (exact) mass is 333 g/mol. The normalized spacial score (nSPS) is 16.5. The lowest BCUT2D eigenvalue weighted by molar-refractivity contribution is -0.129. The molecule has 0 aliphatic carbocycles. The van der Waals surface area contributed by atoms with E-state index >= 15 is 0 Å². The molecule has 1 saturated heterocycles. The van der Waals surface area contributed by atoms with Crippen LogP contribution in [0.25, 0.3) is 6.08 Å². The summed E-state index contributed by atoms with van der Waals surface area (Å²) >= 11 is 0.858. The number of amides is 3. The summed E-state index contributed by atoms with van der Waals surface area (Å²) < 4.78 is 0. The van der Waals surface area contributed by atoms with Gasteiger partial charge in [0.2, 0.25) is 5.91 Å². The van der Waals surface area contributed by atoms with Gasteiger partial charge in [0.25, 0.3) is 11.1 Å². The summed E-state index contributed by atoms with van der Waals surface area (Å²) in [5.41, 5.74) is 0.841. The molecule has 0 unspecified atom stereocenters. The second-order valence-corrected chi connectivity index (χ2v) is 6.32. The van der Waals surface area contributed by atoms with Gasteiger partial charge < -0.3 is 10.2 Å². The van der Waals surface area contributed by atoms with E-state index in [4.69, 9.17) is 0 Å². The van der Waals surface area contributed by atoms with Gasteiger partial charge in [0.15, 0.2) is 0 Å². The summed E-state index contributed by atoms with van der Waals surface area (Å²) in [5, 5.41) is 2.27. The van der Waals surface area contributed by atoms with Crippen LogP contribution in [0.3, 0.4) is 0 Å². The number of thioether (sulfide) groups is 1. The summed E-state index contributed by atoms with van der Waals surface area (Å²) in [6.07, 6.45) is 1.66. The highest BCUT2D eigenvalue weighted by Gasteiger charge is 2.36. The number of rotatable bonds is 6. The number of imide groups is 1. The first-order chi connectivity index (χ1) is 11.0. The number of nitrogens with zero attached hydrogens (tertiary/aromatic N) is 2. The molecule has 6 nitrogen and oxygen atoms in total. The standard InChI is InChI=1S/C16H19N3O3S/c1-18(2)9-8-17-14(20)11-19-15(21)13(23-16(19)22)10-12-6-4-3-5-7-12/h3-7,10H,8-9,11H2,1-2H3,(H,17,20)/b13-10+. The molecule has 1 aliphatic heterocycles. The maximum Gasteiger partial charge on any atom is 0.294 e. The average Bonchev–Trinajstić information content (AvgIpc) is 2.75. The summed E-state index contributed by atoms with van der Waals surface area (Å²) in [5.74, 6) is -0.762. The topological polar surface area (TPSA) is 69.7 Å². The molecule has 0 radical (unpaired) electrons. The Balaban J connectivity index is 1.96. The average molecular weight is 333 g/mol. The Kier molecular flexibility index (Phi) is 5.95. The Morgan fingerprint density at radius 1 is 1.26 bits per heavy atom. The Hall–Kier alpha value is -2.12. The fraction of sp³-hybridized carbons (Fsp3) is 0.312. The second kappa shape index (κ2) is 7.94. The first-order valence-electron chi connectivity index (χ1n) is 7.19. The molecule has 122 valence electrons. The minimum atomic E-state index is -0.424. The molecule has 0 bridgehead atoms. The van der Waals surface area contributed by atoms with Crippen molar-refractivity contribution in [1.29, 1.82) is 0 Å². The molecule has 1 aliphatic rings. The number of carbonyl (C=O) groups excluding carboxylic acids is 3. The molecular weight excluding hydrogens is 314 g/mol. The van der Waals surface area contributed by atoms with Gasteiger partial charge in [-0.15, -0.1) is 0 Å². The minimum Gasteiger partial charge on any atom is -0.353 e. The summed E-state index contributed by atoms with van der Waals surface area (Å²) in [4.78, 5) is 39.3. The van der Waals surface area contributed by atoms with Crippen molar-refractivity contribution < 1.29 is 14.4 Å². The highest BCUT2D eigenvalue weighted by Crippen LogP contribution is 2.31. The van der Waals surface area contributed by atoms with Crippen molar-refractivity contribution in [2.24, 2.45) is 0 Å². The van der Waals surface area contributed by atoms with Crippen molar-refractivity contribution in [2.75, 3.05) is 33.7 Å². The number of carbonyl (C=O) groups is 3. The Bertz CT molecular complexity index is 629. The van der Waals surface area contributed by atoms with Crippen LogP contribution in [-0.2, 0) is 9.59 Å². The molecule has 0 saturated carbocycles. The van der Waals surface area contributed by atoms with Gasteiger partial charge >= 0.3 is 0 Å². The number of hydrogen-bond donors (Lipinski definition) is 1. The Morgan fingerprint density at radius 3 is 2.61 bits per heavy atom. The van der Waals surface area contributed by atoms with Crippen LogP contribution in [0.5, 0.6) is 0 Å². The van der Waals surface area contributed by atoms with Crippen molar-refractivity contribution in [1.82, 2.24) is 15.1 Å². The lowest BCUT2D eigenvalue weighted by Gasteiger charge is -2.14. The van der Waals surface area contributed by atoms with Gasteiger partial charge in [-0.2, -0.15) is 0 Å². The van der Waals surface area contributed by atoms with Gasteiger partial charge in [-0.3, -0.25) is 19.3 Å². The Labute approximate surface area is 139 Å². The molecule has 1 heterocycles. The zero-order valence-electron chi connectivity index (χ0n) is 13.1. The van der Waals surface area contributed by atoms with E-state index in [1.54, 1.807) is 6.08 Å². The van der Waals surface area contributed by atoms with E-state index in [0.717, 1.165) is 22.2 Å². The second-order valence-electron chi connectivity index (χ2n) is 5.33. The van der Waals surface area contributed by atoms with Gasteiger partial charge in [-0.05, 0) is 37.5 Å². The SMILES string of the molecule is CN(C)CCNC(=O)CN1C(=O)S/C(=C/c2ccccc2)C1=O. The third-order valence-electron chi connectivity index (χ3n) is 3.15. The van der Waals surface area contributed by atoms with Crippen molar-refractivity contribution in [3.05, 3.63) is 40.8 Å². The van der Waals surface area contributed by atoms with E-state index in [2.05, 4.69) is 5.32 Å². The van der Waals surface area contributed by atoms with Gasteiger partial charge in [0.1, 0.15) is 6.54 Å². The first kappa shape index (κ1) is 17.2. The molecular formula is C16H19N3O3S. The maximum absolute atomic E-state index is 12.3. The molecule has 1 N–H and O–H groups in total. The zero-order valence-corrected chi connectivity index (χ0v) is 13.9.